The van der Waals surface area contributed by atoms with Crippen molar-refractivity contribution < 1.29 is 18.3 Å². The third-order valence-electron chi connectivity index (χ3n) is 3.10. The van der Waals surface area contributed by atoms with Crippen molar-refractivity contribution in [2.24, 2.45) is 0 Å². The van der Waals surface area contributed by atoms with Crippen molar-refractivity contribution in [1.29, 1.82) is 0 Å². The van der Waals surface area contributed by atoms with Crippen LogP contribution in [-0.2, 0) is 4.74 Å². The molecule has 2 rings (SSSR count). The lowest BCUT2D eigenvalue weighted by Crippen LogP contribution is -2.07. The summed E-state index contributed by atoms with van der Waals surface area (Å²) >= 11 is 0. The van der Waals surface area contributed by atoms with Crippen molar-refractivity contribution in [3.63, 3.8) is 0 Å². The first-order valence-electron chi connectivity index (χ1n) is 6.77. The van der Waals surface area contributed by atoms with Crippen LogP contribution in [0, 0.1) is 0 Å². The molecule has 0 spiro atoms. The number of carbonyl (C=O) groups is 1. The highest BCUT2D eigenvalue weighted by Crippen LogP contribution is 2.17. The molecule has 0 fully saturated rings. The van der Waals surface area contributed by atoms with Gasteiger partial charge in [-0.25, -0.2) is 4.79 Å². The van der Waals surface area contributed by atoms with E-state index in [0.717, 1.165) is 11.3 Å². The van der Waals surface area contributed by atoms with Crippen molar-refractivity contribution >= 4 is 5.97 Å². The van der Waals surface area contributed by atoms with Gasteiger partial charge in [0, 0.05) is 18.2 Å². The summed E-state index contributed by atoms with van der Waals surface area (Å²) in [4.78, 5) is 16.0. The molecular weight excluding hydrogens is 288 g/mol. The maximum Gasteiger partial charge on any atom is 0.339 e. The van der Waals surface area contributed by atoms with E-state index in [1.165, 1.54) is 13.1 Å². The maximum absolute atomic E-state index is 12.2. The lowest BCUT2D eigenvalue weighted by molar-refractivity contribution is 0.0507. The Morgan fingerprint density at radius 2 is 1.86 bits per heavy atom. The average Bonchev–Trinajstić information content (AvgIpc) is 2.55. The monoisotopic (exact) mass is 303 g/mol. The average molecular weight is 303 g/mol. The molecule has 0 atom stereocenters. The zero-order valence-electron chi connectivity index (χ0n) is 12.1. The topological polar surface area (TPSA) is 39.2 Å². The van der Waals surface area contributed by atoms with E-state index in [-0.39, 0.29) is 18.6 Å². The van der Waals surface area contributed by atoms with Crippen LogP contribution in [0.1, 0.15) is 23.7 Å². The van der Waals surface area contributed by atoms with Crippen molar-refractivity contribution in [1.82, 2.24) is 4.98 Å². The van der Waals surface area contributed by atoms with E-state index in [9.17, 15) is 13.6 Å². The molecule has 0 unspecified atom stereocenters. The van der Waals surface area contributed by atoms with Crippen LogP contribution in [0.25, 0.3) is 11.3 Å². The second kappa shape index (κ2) is 7.45. The SMILES string of the molecule is CC(CCOC(=O)c1ccc(-c2ccccc2)nc1)=C(F)F. The van der Waals surface area contributed by atoms with E-state index in [4.69, 9.17) is 4.74 Å². The van der Waals surface area contributed by atoms with Gasteiger partial charge in [-0.3, -0.25) is 4.98 Å². The second-order valence-corrected chi connectivity index (χ2v) is 4.72. The first kappa shape index (κ1) is 15.8. The predicted octanol–water partition coefficient (Wildman–Crippen LogP) is 4.47. The molecule has 3 nitrogen and oxygen atoms in total. The number of rotatable bonds is 5. The third kappa shape index (κ3) is 4.22. The molecule has 22 heavy (non-hydrogen) atoms. The fourth-order valence-electron chi connectivity index (χ4n) is 1.77. The van der Waals surface area contributed by atoms with E-state index >= 15 is 0 Å². The smallest absolute Gasteiger partial charge is 0.339 e. The summed E-state index contributed by atoms with van der Waals surface area (Å²) in [7, 11) is 0. The number of ether oxygens (including phenoxy) is 1. The van der Waals surface area contributed by atoms with Crippen molar-refractivity contribution in [3.05, 3.63) is 65.9 Å². The highest BCUT2D eigenvalue weighted by atomic mass is 19.3. The third-order valence-corrected chi connectivity index (χ3v) is 3.10. The van der Waals surface area contributed by atoms with Gasteiger partial charge in [-0.05, 0) is 24.6 Å². The largest absolute Gasteiger partial charge is 0.462 e. The normalized spacial score (nSPS) is 10.1. The van der Waals surface area contributed by atoms with Gasteiger partial charge in [-0.2, -0.15) is 8.78 Å². The van der Waals surface area contributed by atoms with E-state index in [2.05, 4.69) is 4.98 Å². The number of carbonyl (C=O) groups excluding carboxylic acids is 1. The molecule has 1 heterocycles. The van der Waals surface area contributed by atoms with Crippen LogP contribution >= 0.6 is 0 Å². The standard InChI is InChI=1S/C17H15F2NO2/c1-12(16(18)19)9-10-22-17(21)14-7-8-15(20-11-14)13-5-3-2-4-6-13/h2-8,11H,9-10H2,1H3. The van der Waals surface area contributed by atoms with Crippen LogP contribution in [0.5, 0.6) is 0 Å². The fourth-order valence-corrected chi connectivity index (χ4v) is 1.77. The number of benzene rings is 1. The van der Waals surface area contributed by atoms with Crippen molar-refractivity contribution in [2.45, 2.75) is 13.3 Å². The Hall–Kier alpha value is -2.56. The summed E-state index contributed by atoms with van der Waals surface area (Å²) in [5, 5.41) is 0. The Balaban J connectivity index is 1.96. The van der Waals surface area contributed by atoms with Gasteiger partial charge >= 0.3 is 5.97 Å². The summed E-state index contributed by atoms with van der Waals surface area (Å²) in [6.07, 6.45) is -0.294. The number of hydrogen-bond acceptors (Lipinski definition) is 3. The minimum Gasteiger partial charge on any atom is -0.462 e. The van der Waals surface area contributed by atoms with E-state index in [1.54, 1.807) is 12.1 Å². The van der Waals surface area contributed by atoms with Gasteiger partial charge in [0.1, 0.15) is 0 Å². The van der Waals surface area contributed by atoms with E-state index < -0.39 is 12.0 Å². The number of aromatic nitrogens is 1. The van der Waals surface area contributed by atoms with Gasteiger partial charge in [-0.15, -0.1) is 0 Å². The lowest BCUT2D eigenvalue weighted by atomic mass is 10.1. The molecule has 1 aromatic heterocycles. The molecule has 2 aromatic rings. The molecule has 0 amide bonds. The van der Waals surface area contributed by atoms with E-state index in [0.29, 0.717) is 5.56 Å². The molecule has 0 bridgehead atoms. The molecule has 0 saturated carbocycles. The quantitative estimate of drug-likeness (QED) is 0.765. The molecule has 0 saturated heterocycles. The highest BCUT2D eigenvalue weighted by molar-refractivity contribution is 5.89. The summed E-state index contributed by atoms with van der Waals surface area (Å²) < 4.78 is 29.4. The van der Waals surface area contributed by atoms with Crippen LogP contribution in [0.15, 0.2) is 60.3 Å². The Labute approximate surface area is 127 Å². The van der Waals surface area contributed by atoms with Gasteiger partial charge < -0.3 is 4.74 Å². The molecule has 5 heteroatoms. The van der Waals surface area contributed by atoms with E-state index in [1.807, 2.05) is 30.3 Å². The van der Waals surface area contributed by atoms with Crippen LogP contribution in [0.2, 0.25) is 0 Å². The molecule has 0 aliphatic rings. The van der Waals surface area contributed by atoms with Crippen LogP contribution in [0.3, 0.4) is 0 Å². The summed E-state index contributed by atoms with van der Waals surface area (Å²) in [6, 6.07) is 12.9. The van der Waals surface area contributed by atoms with Gasteiger partial charge in [0.25, 0.3) is 6.08 Å². The van der Waals surface area contributed by atoms with Crippen molar-refractivity contribution in [3.8, 4) is 11.3 Å². The van der Waals surface area contributed by atoms with Crippen LogP contribution < -0.4 is 0 Å². The minimum absolute atomic E-state index is 0.0175. The molecule has 0 aliphatic carbocycles. The molecule has 0 radical (unpaired) electrons. The second-order valence-electron chi connectivity index (χ2n) is 4.72. The Morgan fingerprint density at radius 1 is 1.14 bits per heavy atom. The summed E-state index contributed by atoms with van der Waals surface area (Å²) in [6.45, 7) is 1.22. The number of nitrogens with zero attached hydrogens (tertiary/aromatic N) is 1. The molecule has 0 aliphatic heterocycles. The fraction of sp³-hybridized carbons (Fsp3) is 0.176. The lowest BCUT2D eigenvalue weighted by Gasteiger charge is -2.05. The van der Waals surface area contributed by atoms with Gasteiger partial charge in [0.05, 0.1) is 17.9 Å². The number of esters is 1. The zero-order valence-corrected chi connectivity index (χ0v) is 12.1. The minimum atomic E-state index is -1.73. The van der Waals surface area contributed by atoms with Crippen LogP contribution in [-0.4, -0.2) is 17.6 Å². The zero-order chi connectivity index (χ0) is 15.9. The van der Waals surface area contributed by atoms with Gasteiger partial charge in [0.15, 0.2) is 0 Å². The Kier molecular flexibility index (Phi) is 5.36. The number of halogens is 2. The molecule has 1 aromatic carbocycles. The summed E-state index contributed by atoms with van der Waals surface area (Å²) in [5.74, 6) is -0.570. The predicted molar refractivity (Wildman–Crippen MR) is 79.5 cm³/mol. The van der Waals surface area contributed by atoms with Gasteiger partial charge in [-0.1, -0.05) is 30.3 Å². The Bertz CT molecular complexity index is 663. The molecule has 0 N–H and O–H groups in total. The number of hydrogen-bond donors (Lipinski definition) is 0. The first-order valence-corrected chi connectivity index (χ1v) is 6.77. The number of pyridine rings is 1. The molecule has 114 valence electrons. The summed E-state index contributed by atoms with van der Waals surface area (Å²) in [5.41, 5.74) is 1.91. The maximum atomic E-state index is 12.2. The first-order chi connectivity index (χ1) is 10.6. The Morgan fingerprint density at radius 3 is 2.45 bits per heavy atom. The van der Waals surface area contributed by atoms with Crippen molar-refractivity contribution in [2.75, 3.05) is 6.61 Å². The highest BCUT2D eigenvalue weighted by Gasteiger charge is 2.09. The molecular formula is C17H15F2NO2. The van der Waals surface area contributed by atoms with Crippen LogP contribution in [0.4, 0.5) is 8.78 Å². The van der Waals surface area contributed by atoms with Gasteiger partial charge in [0.2, 0.25) is 0 Å².